The van der Waals surface area contributed by atoms with Gasteiger partial charge in [-0.2, -0.15) is 0 Å². The predicted octanol–water partition coefficient (Wildman–Crippen LogP) is 0.0487. The number of rotatable bonds is 15. The van der Waals surface area contributed by atoms with Crippen LogP contribution in [0.3, 0.4) is 0 Å². The van der Waals surface area contributed by atoms with Gasteiger partial charge >= 0.3 is 0 Å². The lowest BCUT2D eigenvalue weighted by atomic mass is 10.1. The van der Waals surface area contributed by atoms with Crippen molar-refractivity contribution < 1.29 is 19.2 Å². The number of nitrogens with two attached hydrogens (primary N) is 5. The predicted molar refractivity (Wildman–Crippen MR) is 175 cm³/mol. The molecule has 45 heavy (non-hydrogen) atoms. The molecule has 14 heteroatoms. The van der Waals surface area contributed by atoms with E-state index in [1.807, 2.05) is 24.3 Å². The van der Waals surface area contributed by atoms with Crippen LogP contribution >= 0.6 is 0 Å². The Kier molecular flexibility index (Phi) is 12.8. The van der Waals surface area contributed by atoms with E-state index in [1.165, 1.54) is 0 Å². The van der Waals surface area contributed by atoms with Crippen molar-refractivity contribution in [2.75, 3.05) is 24.5 Å². The van der Waals surface area contributed by atoms with Gasteiger partial charge in [0.05, 0.1) is 18.3 Å². The Hall–Kier alpha value is -5.50. The third kappa shape index (κ3) is 10.6. The average Bonchev–Trinajstić information content (AvgIpc) is 3.03. The molecule has 0 aliphatic carbocycles. The van der Waals surface area contributed by atoms with Gasteiger partial charge in [-0.15, -0.1) is 0 Å². The molecule has 0 saturated carbocycles. The van der Waals surface area contributed by atoms with Crippen molar-refractivity contribution in [3.05, 3.63) is 78.4 Å². The topological polar surface area (TPSA) is 250 Å². The van der Waals surface area contributed by atoms with Crippen LogP contribution in [0.4, 0.5) is 5.69 Å². The number of amides is 4. The molecule has 4 amide bonds. The van der Waals surface area contributed by atoms with Crippen LogP contribution in [0, 0.1) is 0 Å². The van der Waals surface area contributed by atoms with Gasteiger partial charge in [-0.3, -0.25) is 29.2 Å². The number of carbonyl (C=O) groups is 4. The van der Waals surface area contributed by atoms with Crippen LogP contribution in [0.15, 0.2) is 82.8 Å². The second-order valence-corrected chi connectivity index (χ2v) is 10.2. The lowest BCUT2D eigenvalue weighted by Crippen LogP contribution is -2.55. The molecule has 238 valence electrons. The molecule has 0 fully saturated rings. The average molecular weight is 617 g/mol. The van der Waals surface area contributed by atoms with Crippen LogP contribution < -0.4 is 44.2 Å². The van der Waals surface area contributed by atoms with Crippen molar-refractivity contribution in [2.24, 2.45) is 38.7 Å². The lowest BCUT2D eigenvalue weighted by molar-refractivity contribution is -0.131. The normalized spacial score (nSPS) is 11.9. The van der Waals surface area contributed by atoms with E-state index in [0.29, 0.717) is 18.4 Å². The number of nitrogens with zero attached hydrogens (tertiary/aromatic N) is 3. The molecule has 0 unspecified atom stereocenters. The molecule has 0 aromatic heterocycles. The molecule has 0 radical (unpaired) electrons. The van der Waals surface area contributed by atoms with E-state index >= 15 is 0 Å². The Morgan fingerprint density at radius 1 is 0.756 bits per heavy atom. The summed E-state index contributed by atoms with van der Waals surface area (Å²) in [4.78, 5) is 62.4. The van der Waals surface area contributed by atoms with E-state index in [0.717, 1.165) is 15.7 Å². The van der Waals surface area contributed by atoms with E-state index in [4.69, 9.17) is 28.7 Å². The first-order valence-corrected chi connectivity index (χ1v) is 14.4. The molecule has 3 rings (SSSR count). The number of nitrogens with one attached hydrogen (secondary N) is 2. The number of carbonyl (C=O) groups excluding carboxylic acids is 4. The quantitative estimate of drug-likeness (QED) is 0.0691. The number of hydrogen-bond donors (Lipinski definition) is 7. The highest BCUT2D eigenvalue weighted by atomic mass is 16.2. The molecular formula is C31H40N10O4. The number of guanidine groups is 2. The Balaban J connectivity index is 1.89. The van der Waals surface area contributed by atoms with Crippen LogP contribution in [-0.4, -0.2) is 67.3 Å². The van der Waals surface area contributed by atoms with Crippen molar-refractivity contribution in [1.82, 2.24) is 10.6 Å². The van der Waals surface area contributed by atoms with E-state index in [9.17, 15) is 19.2 Å². The molecule has 0 bridgehead atoms. The smallest absolute Gasteiger partial charge is 0.256 e. The van der Waals surface area contributed by atoms with E-state index < -0.39 is 42.3 Å². The summed E-state index contributed by atoms with van der Waals surface area (Å²) < 4.78 is 0. The monoisotopic (exact) mass is 616 g/mol. The molecule has 0 aliphatic rings. The van der Waals surface area contributed by atoms with Crippen molar-refractivity contribution >= 4 is 52.0 Å². The Morgan fingerprint density at radius 2 is 1.36 bits per heavy atom. The second kappa shape index (κ2) is 17.0. The van der Waals surface area contributed by atoms with Gasteiger partial charge in [-0.1, -0.05) is 48.5 Å². The number of hydrogen-bond acceptors (Lipinski definition) is 7. The number of anilines is 1. The lowest BCUT2D eigenvalue weighted by Gasteiger charge is -2.28. The summed E-state index contributed by atoms with van der Waals surface area (Å²) in [7, 11) is 0. The van der Waals surface area contributed by atoms with Gasteiger partial charge in [0.2, 0.25) is 5.91 Å². The molecule has 0 spiro atoms. The van der Waals surface area contributed by atoms with Crippen molar-refractivity contribution in [3.8, 4) is 0 Å². The highest BCUT2D eigenvalue weighted by Gasteiger charge is 2.32. The van der Waals surface area contributed by atoms with Crippen LogP contribution in [0.2, 0.25) is 0 Å². The van der Waals surface area contributed by atoms with Gasteiger partial charge < -0.3 is 39.3 Å². The van der Waals surface area contributed by atoms with Crippen LogP contribution in [-0.2, 0) is 14.4 Å². The van der Waals surface area contributed by atoms with Crippen molar-refractivity contribution in [3.63, 3.8) is 0 Å². The van der Waals surface area contributed by atoms with Gasteiger partial charge in [0.15, 0.2) is 11.9 Å². The standard InChI is InChI=1S/C31H40N10O4/c32-24(12-6-16-37-30(33)34)28(44)40-25(13-7-17-38-31(35)36)29(45)41(23-15-14-20-8-4-5-11-22(20)18-23)26(42)19-39-27(43)21-9-2-1-3-10-21/h1-5,8-11,14-15,18,24-25H,6-7,12-13,16-17,19,32H2,(H,39,43)(H,40,44)(H4,33,34,37)(H4,35,36,38)/t24-,25-/m0/s1. The minimum absolute atomic E-state index is 0.0714. The summed E-state index contributed by atoms with van der Waals surface area (Å²) in [6.45, 7) is -0.0159. The summed E-state index contributed by atoms with van der Waals surface area (Å²) in [5.41, 5.74) is 28.3. The summed E-state index contributed by atoms with van der Waals surface area (Å²) in [5, 5.41) is 6.95. The fourth-order valence-corrected chi connectivity index (χ4v) is 4.48. The first-order valence-electron chi connectivity index (χ1n) is 14.4. The highest BCUT2D eigenvalue weighted by molar-refractivity contribution is 6.19. The van der Waals surface area contributed by atoms with Gasteiger partial charge in [0, 0.05) is 18.7 Å². The van der Waals surface area contributed by atoms with Crippen molar-refractivity contribution in [2.45, 2.75) is 37.8 Å². The van der Waals surface area contributed by atoms with E-state index in [-0.39, 0.29) is 43.5 Å². The number of aliphatic imine (C=N–C) groups is 2. The fraction of sp³-hybridized carbons (Fsp3) is 0.290. The van der Waals surface area contributed by atoms with Gasteiger partial charge in [-0.05, 0) is 60.7 Å². The maximum Gasteiger partial charge on any atom is 0.256 e. The van der Waals surface area contributed by atoms with Crippen LogP contribution in [0.1, 0.15) is 36.0 Å². The zero-order chi connectivity index (χ0) is 32.8. The minimum atomic E-state index is -1.17. The van der Waals surface area contributed by atoms with E-state index in [2.05, 4.69) is 20.6 Å². The molecule has 0 heterocycles. The molecule has 0 saturated heterocycles. The molecule has 14 nitrogen and oxygen atoms in total. The summed E-state index contributed by atoms with van der Waals surface area (Å²) in [6.07, 6.45) is 1.07. The van der Waals surface area contributed by atoms with Crippen molar-refractivity contribution in [1.29, 1.82) is 0 Å². The largest absolute Gasteiger partial charge is 0.370 e. The Bertz CT molecular complexity index is 1540. The van der Waals surface area contributed by atoms with Crippen LogP contribution in [0.25, 0.3) is 10.8 Å². The summed E-state index contributed by atoms with van der Waals surface area (Å²) >= 11 is 0. The molecule has 0 aliphatic heterocycles. The number of imide groups is 1. The summed E-state index contributed by atoms with van der Waals surface area (Å²) in [5.74, 6) is -2.68. The number of fused-ring (bicyclic) bond motifs is 1. The first kappa shape index (κ1) is 34.0. The number of benzene rings is 3. The minimum Gasteiger partial charge on any atom is -0.370 e. The third-order valence-corrected chi connectivity index (χ3v) is 6.76. The third-order valence-electron chi connectivity index (χ3n) is 6.76. The van der Waals surface area contributed by atoms with Gasteiger partial charge in [0.1, 0.15) is 6.04 Å². The summed E-state index contributed by atoms with van der Waals surface area (Å²) in [6, 6.07) is 18.8. The highest BCUT2D eigenvalue weighted by Crippen LogP contribution is 2.24. The Morgan fingerprint density at radius 3 is 2.00 bits per heavy atom. The molecule has 2 atom stereocenters. The van der Waals surface area contributed by atoms with Gasteiger partial charge in [0.25, 0.3) is 17.7 Å². The van der Waals surface area contributed by atoms with E-state index in [1.54, 1.807) is 48.5 Å². The molecule has 3 aromatic carbocycles. The zero-order valence-corrected chi connectivity index (χ0v) is 24.9. The van der Waals surface area contributed by atoms with Crippen LogP contribution in [0.5, 0.6) is 0 Å². The second-order valence-electron chi connectivity index (χ2n) is 10.2. The molecule has 12 N–H and O–H groups in total. The molecule has 3 aromatic rings. The van der Waals surface area contributed by atoms with Gasteiger partial charge in [-0.25, -0.2) is 4.90 Å². The fourth-order valence-electron chi connectivity index (χ4n) is 4.48. The zero-order valence-electron chi connectivity index (χ0n) is 24.9. The molecular weight excluding hydrogens is 576 g/mol. The Labute approximate surface area is 261 Å². The first-order chi connectivity index (χ1) is 21.6. The maximum atomic E-state index is 14.2. The maximum absolute atomic E-state index is 14.2. The SMILES string of the molecule is NC(N)=NCCC[C@H](NC(=O)[C@@H](N)CCCN=C(N)N)C(=O)N(C(=O)CNC(=O)c1ccccc1)c1ccc2ccccc2c1.